The maximum absolute atomic E-state index is 12.9. The Bertz CT molecular complexity index is 663. The van der Waals surface area contributed by atoms with E-state index < -0.39 is 6.04 Å². The molecular weight excluding hydrogens is 418 g/mol. The second kappa shape index (κ2) is 9.97. The summed E-state index contributed by atoms with van der Waals surface area (Å²) >= 11 is 5.02. The van der Waals surface area contributed by atoms with Crippen molar-refractivity contribution >= 4 is 45.4 Å². The number of hydrogen-bond donors (Lipinski definition) is 1. The maximum atomic E-state index is 12.9. The number of nitrogens with zero attached hydrogens (tertiary/aromatic N) is 2. The Kier molecular flexibility index (Phi) is 7.96. The third-order valence-corrected chi connectivity index (χ3v) is 5.70. The molecule has 8 heteroatoms. The molecule has 1 saturated heterocycles. The zero-order valence-corrected chi connectivity index (χ0v) is 17.4. The smallest absolute Gasteiger partial charge is 0.253 e. The lowest BCUT2D eigenvalue weighted by Gasteiger charge is -2.36. The largest absolute Gasteiger partial charge is 0.340 e. The van der Waals surface area contributed by atoms with Gasteiger partial charge in [0.1, 0.15) is 6.04 Å². The molecule has 26 heavy (non-hydrogen) atoms. The number of carbonyl (C=O) groups is 3. The van der Waals surface area contributed by atoms with E-state index in [-0.39, 0.29) is 17.7 Å². The molecule has 1 aromatic rings. The predicted molar refractivity (Wildman–Crippen MR) is 107 cm³/mol. The highest BCUT2D eigenvalue weighted by Crippen LogP contribution is 2.16. The van der Waals surface area contributed by atoms with Crippen LogP contribution < -0.4 is 5.32 Å². The van der Waals surface area contributed by atoms with Gasteiger partial charge >= 0.3 is 0 Å². The molecule has 3 amide bonds. The fraction of sp³-hybridized carbons (Fsp3) is 0.500. The van der Waals surface area contributed by atoms with Crippen molar-refractivity contribution in [1.82, 2.24) is 15.1 Å². The van der Waals surface area contributed by atoms with Crippen molar-refractivity contribution in [1.29, 1.82) is 0 Å². The molecule has 0 aliphatic carbocycles. The highest BCUT2D eigenvalue weighted by molar-refractivity contribution is 9.10. The third-order valence-electron chi connectivity index (χ3n) is 4.37. The lowest BCUT2D eigenvalue weighted by atomic mass is 10.1. The molecular formula is C18H24BrN3O3S. The molecule has 1 aliphatic rings. The number of carbonyl (C=O) groups excluding carboxylic acids is 3. The standard InChI is InChI=1S/C18H24BrN3O3S/c1-13(23)21-8-10-22(11-9-21)18(25)16(7-12-26-2)20-17(24)14-5-3-4-6-15(14)19/h3-6,16H,7-12H2,1-2H3,(H,20,24). The van der Waals surface area contributed by atoms with Crippen LogP contribution in [0.1, 0.15) is 23.7 Å². The van der Waals surface area contributed by atoms with Crippen molar-refractivity contribution in [3.05, 3.63) is 34.3 Å². The normalized spacial score (nSPS) is 15.5. The van der Waals surface area contributed by atoms with Gasteiger partial charge in [-0.25, -0.2) is 0 Å². The summed E-state index contributed by atoms with van der Waals surface area (Å²) in [7, 11) is 0. The summed E-state index contributed by atoms with van der Waals surface area (Å²) in [6.45, 7) is 3.61. The second-order valence-corrected chi connectivity index (χ2v) is 7.96. The third kappa shape index (κ3) is 5.48. The van der Waals surface area contributed by atoms with Gasteiger partial charge < -0.3 is 15.1 Å². The molecule has 142 valence electrons. The number of benzene rings is 1. The van der Waals surface area contributed by atoms with E-state index in [9.17, 15) is 14.4 Å². The Morgan fingerprint density at radius 3 is 2.35 bits per heavy atom. The number of halogens is 1. The molecule has 1 aliphatic heterocycles. The fourth-order valence-electron chi connectivity index (χ4n) is 2.84. The van der Waals surface area contributed by atoms with Gasteiger partial charge in [0.2, 0.25) is 11.8 Å². The first-order chi connectivity index (χ1) is 12.4. The molecule has 2 rings (SSSR count). The SMILES string of the molecule is CSCCC(NC(=O)c1ccccc1Br)C(=O)N1CCN(C(C)=O)CC1. The maximum Gasteiger partial charge on any atom is 0.253 e. The minimum atomic E-state index is -0.564. The molecule has 6 nitrogen and oxygen atoms in total. The zero-order chi connectivity index (χ0) is 19.1. The summed E-state index contributed by atoms with van der Waals surface area (Å²) in [5.41, 5.74) is 0.510. The van der Waals surface area contributed by atoms with Crippen molar-refractivity contribution in [3.63, 3.8) is 0 Å². The van der Waals surface area contributed by atoms with Gasteiger partial charge in [0.05, 0.1) is 5.56 Å². The van der Waals surface area contributed by atoms with Crippen LogP contribution in [0.2, 0.25) is 0 Å². The summed E-state index contributed by atoms with van der Waals surface area (Å²) in [6.07, 6.45) is 2.55. The number of hydrogen-bond acceptors (Lipinski definition) is 4. The topological polar surface area (TPSA) is 69.7 Å². The van der Waals surface area contributed by atoms with Gasteiger partial charge in [-0.2, -0.15) is 11.8 Å². The summed E-state index contributed by atoms with van der Waals surface area (Å²) in [5.74, 6) is 0.459. The zero-order valence-electron chi connectivity index (χ0n) is 15.0. The van der Waals surface area contributed by atoms with Crippen LogP contribution >= 0.6 is 27.7 Å². The van der Waals surface area contributed by atoms with E-state index in [2.05, 4.69) is 21.2 Å². The van der Waals surface area contributed by atoms with E-state index >= 15 is 0 Å². The number of amides is 3. The van der Waals surface area contributed by atoms with Gasteiger partial charge in [-0.3, -0.25) is 14.4 Å². The number of nitrogens with one attached hydrogen (secondary N) is 1. The summed E-state index contributed by atoms with van der Waals surface area (Å²) in [6, 6.07) is 6.59. The summed E-state index contributed by atoms with van der Waals surface area (Å²) in [5, 5.41) is 2.89. The van der Waals surface area contributed by atoms with Crippen molar-refractivity contribution in [2.45, 2.75) is 19.4 Å². The minimum Gasteiger partial charge on any atom is -0.340 e. The molecule has 1 heterocycles. The second-order valence-electron chi connectivity index (χ2n) is 6.12. The highest BCUT2D eigenvalue weighted by atomic mass is 79.9. The Morgan fingerprint density at radius 1 is 1.15 bits per heavy atom. The van der Waals surface area contributed by atoms with Gasteiger partial charge in [0.25, 0.3) is 5.91 Å². The Labute approximate surface area is 166 Å². The Hall–Kier alpha value is -1.54. The van der Waals surface area contributed by atoms with E-state index in [1.165, 1.54) is 6.92 Å². The van der Waals surface area contributed by atoms with Gasteiger partial charge in [-0.1, -0.05) is 12.1 Å². The average molecular weight is 442 g/mol. The van der Waals surface area contributed by atoms with E-state index in [1.807, 2.05) is 12.3 Å². The molecule has 0 aromatic heterocycles. The van der Waals surface area contributed by atoms with Crippen molar-refractivity contribution < 1.29 is 14.4 Å². The number of piperazine rings is 1. The molecule has 1 aromatic carbocycles. The summed E-state index contributed by atoms with van der Waals surface area (Å²) in [4.78, 5) is 40.4. The van der Waals surface area contributed by atoms with Gasteiger partial charge in [0, 0.05) is 37.6 Å². The van der Waals surface area contributed by atoms with Crippen LogP contribution in [0.4, 0.5) is 0 Å². The molecule has 0 bridgehead atoms. The minimum absolute atomic E-state index is 0.0262. The molecule has 0 saturated carbocycles. The van der Waals surface area contributed by atoms with E-state index in [1.54, 1.807) is 39.8 Å². The van der Waals surface area contributed by atoms with E-state index in [4.69, 9.17) is 0 Å². The number of rotatable bonds is 6. The molecule has 1 N–H and O–H groups in total. The Balaban J connectivity index is 2.04. The van der Waals surface area contributed by atoms with Crippen molar-refractivity contribution in [2.75, 3.05) is 38.2 Å². The summed E-state index contributed by atoms with van der Waals surface area (Å²) < 4.78 is 0.698. The van der Waals surface area contributed by atoms with Crippen LogP contribution in [-0.2, 0) is 9.59 Å². The van der Waals surface area contributed by atoms with E-state index in [0.29, 0.717) is 42.6 Å². The Morgan fingerprint density at radius 2 is 1.77 bits per heavy atom. The van der Waals surface area contributed by atoms with Crippen LogP contribution in [0.25, 0.3) is 0 Å². The van der Waals surface area contributed by atoms with Crippen LogP contribution in [0.15, 0.2) is 28.7 Å². The van der Waals surface area contributed by atoms with Crippen LogP contribution in [0.5, 0.6) is 0 Å². The first-order valence-electron chi connectivity index (χ1n) is 8.52. The van der Waals surface area contributed by atoms with Crippen LogP contribution in [0.3, 0.4) is 0 Å². The first kappa shape index (κ1) is 20.8. The van der Waals surface area contributed by atoms with Crippen LogP contribution in [-0.4, -0.2) is 71.8 Å². The van der Waals surface area contributed by atoms with Gasteiger partial charge in [-0.05, 0) is 46.5 Å². The lowest BCUT2D eigenvalue weighted by molar-refractivity contribution is -0.139. The van der Waals surface area contributed by atoms with Gasteiger partial charge in [-0.15, -0.1) is 0 Å². The molecule has 0 radical (unpaired) electrons. The molecule has 1 unspecified atom stereocenters. The average Bonchev–Trinajstić information content (AvgIpc) is 2.64. The molecule has 0 spiro atoms. The quantitative estimate of drug-likeness (QED) is 0.732. The molecule has 1 atom stereocenters. The van der Waals surface area contributed by atoms with Gasteiger partial charge in [0.15, 0.2) is 0 Å². The van der Waals surface area contributed by atoms with Crippen LogP contribution in [0, 0.1) is 0 Å². The van der Waals surface area contributed by atoms with Crippen molar-refractivity contribution in [2.24, 2.45) is 0 Å². The number of thioether (sulfide) groups is 1. The monoisotopic (exact) mass is 441 g/mol. The lowest BCUT2D eigenvalue weighted by Crippen LogP contribution is -2.55. The van der Waals surface area contributed by atoms with E-state index in [0.717, 1.165) is 5.75 Å². The molecule has 1 fully saturated rings. The predicted octanol–water partition coefficient (Wildman–Crippen LogP) is 1.99. The first-order valence-corrected chi connectivity index (χ1v) is 10.7. The highest BCUT2D eigenvalue weighted by Gasteiger charge is 2.29. The fourth-order valence-corrected chi connectivity index (χ4v) is 3.77. The van der Waals surface area contributed by atoms with Crippen molar-refractivity contribution in [3.8, 4) is 0 Å².